The maximum Gasteiger partial charge on any atom is 0.416 e. The summed E-state index contributed by atoms with van der Waals surface area (Å²) < 4.78 is 83.1. The predicted octanol–water partition coefficient (Wildman–Crippen LogP) is 3.91. The van der Waals surface area contributed by atoms with E-state index >= 15 is 0 Å². The molecule has 4 nitrogen and oxygen atoms in total. The second kappa shape index (κ2) is 6.17. The van der Waals surface area contributed by atoms with Gasteiger partial charge < -0.3 is 10.5 Å². The zero-order valence-electron chi connectivity index (χ0n) is 12.2. The number of nitrogens with zero attached hydrogens (tertiary/aromatic N) is 2. The Balaban J connectivity index is 2.30. The van der Waals surface area contributed by atoms with Crippen LogP contribution in [0.15, 0.2) is 24.4 Å². The zero-order chi connectivity index (χ0) is 18.1. The van der Waals surface area contributed by atoms with Crippen LogP contribution in [0.2, 0.25) is 0 Å². The molecule has 1 aromatic carbocycles. The van der Waals surface area contributed by atoms with Crippen LogP contribution in [-0.2, 0) is 18.7 Å². The van der Waals surface area contributed by atoms with Gasteiger partial charge in [0, 0.05) is 12.5 Å². The number of hydrogen-bond donors (Lipinski definition) is 1. The van der Waals surface area contributed by atoms with Gasteiger partial charge in [-0.3, -0.25) is 0 Å². The number of ether oxygens (including phenoxy) is 1. The minimum absolute atomic E-state index is 0.173. The number of nitrogen functional groups attached to an aromatic ring is 1. The van der Waals surface area contributed by atoms with E-state index in [2.05, 4.69) is 9.97 Å². The Kier molecular flexibility index (Phi) is 4.59. The van der Waals surface area contributed by atoms with Crippen molar-refractivity contribution in [3.8, 4) is 6.01 Å². The number of aromatic nitrogens is 2. The normalized spacial score (nSPS) is 12.3. The number of rotatable bonds is 4. The highest BCUT2D eigenvalue weighted by molar-refractivity contribution is 5.34. The van der Waals surface area contributed by atoms with Gasteiger partial charge in [-0.2, -0.15) is 18.2 Å². The highest BCUT2D eigenvalue weighted by Gasteiger charge is 2.34. The third kappa shape index (κ3) is 4.27. The molecular formula is C14H11F6N3O. The summed E-state index contributed by atoms with van der Waals surface area (Å²) in [6.45, 7) is -0.0466. The molecule has 0 bridgehead atoms. The zero-order valence-corrected chi connectivity index (χ0v) is 12.2. The van der Waals surface area contributed by atoms with E-state index < -0.39 is 47.5 Å². The third-order valence-electron chi connectivity index (χ3n) is 2.94. The molecule has 2 rings (SSSR count). The molecule has 0 amide bonds. The van der Waals surface area contributed by atoms with Crippen LogP contribution in [0, 0.1) is 5.82 Å². The summed E-state index contributed by atoms with van der Waals surface area (Å²) in [4.78, 5) is 6.87. The molecule has 2 aromatic rings. The monoisotopic (exact) mass is 351 g/mol. The van der Waals surface area contributed by atoms with Gasteiger partial charge in [-0.25, -0.2) is 18.2 Å². The van der Waals surface area contributed by atoms with E-state index in [9.17, 15) is 26.3 Å². The maximum absolute atomic E-state index is 13.4. The summed E-state index contributed by atoms with van der Waals surface area (Å²) in [5.41, 5.74) is 2.98. The van der Waals surface area contributed by atoms with Crippen molar-refractivity contribution >= 4 is 5.82 Å². The molecule has 0 unspecified atom stereocenters. The SMILES string of the molecule is CC(F)(F)c1cc(COc2ncc(F)c(N)n2)cc(C(F)(F)F)c1. The van der Waals surface area contributed by atoms with Gasteiger partial charge in [0.05, 0.1) is 11.8 Å². The summed E-state index contributed by atoms with van der Waals surface area (Å²) in [6, 6.07) is 1.52. The second-order valence-electron chi connectivity index (χ2n) is 4.98. The van der Waals surface area contributed by atoms with E-state index in [0.29, 0.717) is 19.1 Å². The first-order chi connectivity index (χ1) is 11.0. The molecule has 0 fully saturated rings. The molecule has 1 aromatic heterocycles. The first-order valence-corrected chi connectivity index (χ1v) is 6.47. The lowest BCUT2D eigenvalue weighted by Gasteiger charge is -2.16. The topological polar surface area (TPSA) is 61.0 Å². The molecule has 0 atom stereocenters. The molecule has 0 saturated heterocycles. The molecule has 10 heteroatoms. The summed E-state index contributed by atoms with van der Waals surface area (Å²) in [7, 11) is 0. The summed E-state index contributed by atoms with van der Waals surface area (Å²) in [6.07, 6.45) is -4.08. The fourth-order valence-electron chi connectivity index (χ4n) is 1.77. The van der Waals surface area contributed by atoms with Crippen LogP contribution in [0.1, 0.15) is 23.6 Å². The van der Waals surface area contributed by atoms with Gasteiger partial charge in [0.2, 0.25) is 0 Å². The van der Waals surface area contributed by atoms with E-state index in [1.807, 2.05) is 0 Å². The van der Waals surface area contributed by atoms with Crippen LogP contribution >= 0.6 is 0 Å². The van der Waals surface area contributed by atoms with Crippen molar-refractivity contribution in [1.82, 2.24) is 9.97 Å². The molecule has 0 spiro atoms. The van der Waals surface area contributed by atoms with Gasteiger partial charge in [0.25, 0.3) is 5.92 Å². The van der Waals surface area contributed by atoms with Gasteiger partial charge >= 0.3 is 12.2 Å². The van der Waals surface area contributed by atoms with Crippen molar-refractivity contribution in [1.29, 1.82) is 0 Å². The first kappa shape index (κ1) is 17.8. The predicted molar refractivity (Wildman–Crippen MR) is 71.7 cm³/mol. The highest BCUT2D eigenvalue weighted by Crippen LogP contribution is 2.35. The molecule has 0 aliphatic rings. The lowest BCUT2D eigenvalue weighted by atomic mass is 10.0. The average Bonchev–Trinajstić information content (AvgIpc) is 2.46. The molecule has 24 heavy (non-hydrogen) atoms. The molecular weight excluding hydrogens is 340 g/mol. The summed E-state index contributed by atoms with van der Waals surface area (Å²) in [5, 5.41) is 0. The Hall–Kier alpha value is -2.52. The largest absolute Gasteiger partial charge is 0.459 e. The fourth-order valence-corrected chi connectivity index (χ4v) is 1.77. The van der Waals surface area contributed by atoms with Gasteiger partial charge in [-0.15, -0.1) is 0 Å². The number of anilines is 1. The number of hydrogen-bond acceptors (Lipinski definition) is 4. The minimum atomic E-state index is -4.80. The van der Waals surface area contributed by atoms with Crippen molar-refractivity contribution in [2.24, 2.45) is 0 Å². The molecule has 130 valence electrons. The fraction of sp³-hybridized carbons (Fsp3) is 0.286. The van der Waals surface area contributed by atoms with E-state index in [-0.39, 0.29) is 5.56 Å². The van der Waals surface area contributed by atoms with E-state index in [1.165, 1.54) is 0 Å². The maximum atomic E-state index is 13.4. The second-order valence-corrected chi connectivity index (χ2v) is 4.98. The van der Waals surface area contributed by atoms with Crippen molar-refractivity contribution in [3.05, 3.63) is 46.9 Å². The van der Waals surface area contributed by atoms with Crippen LogP contribution < -0.4 is 10.5 Å². The molecule has 0 radical (unpaired) electrons. The number of alkyl halides is 5. The summed E-state index contributed by atoms with van der Waals surface area (Å²) >= 11 is 0. The Morgan fingerprint density at radius 1 is 1.08 bits per heavy atom. The van der Waals surface area contributed by atoms with Crippen LogP contribution in [0.25, 0.3) is 0 Å². The first-order valence-electron chi connectivity index (χ1n) is 6.47. The van der Waals surface area contributed by atoms with Crippen molar-refractivity contribution in [2.45, 2.75) is 25.6 Å². The van der Waals surface area contributed by atoms with Crippen molar-refractivity contribution in [2.75, 3.05) is 5.73 Å². The average molecular weight is 351 g/mol. The van der Waals surface area contributed by atoms with Crippen LogP contribution in [0.4, 0.5) is 32.2 Å². The lowest BCUT2D eigenvalue weighted by Crippen LogP contribution is -2.13. The van der Waals surface area contributed by atoms with Crippen molar-refractivity contribution < 1.29 is 31.1 Å². The molecule has 0 aliphatic heterocycles. The van der Waals surface area contributed by atoms with Gasteiger partial charge in [0.15, 0.2) is 11.6 Å². The van der Waals surface area contributed by atoms with Gasteiger partial charge in [0.1, 0.15) is 6.61 Å². The van der Waals surface area contributed by atoms with E-state index in [1.54, 1.807) is 0 Å². The number of benzene rings is 1. The molecule has 0 saturated carbocycles. The van der Waals surface area contributed by atoms with E-state index in [0.717, 1.165) is 12.3 Å². The van der Waals surface area contributed by atoms with Crippen LogP contribution in [0.3, 0.4) is 0 Å². The standard InChI is InChI=1S/C14H11F6N3O/c1-13(16,17)8-2-7(3-9(4-8)14(18,19)20)6-24-12-22-5-10(15)11(21)23-12/h2-5H,6H2,1H3,(H2,21,22,23). The highest BCUT2D eigenvalue weighted by atomic mass is 19.4. The quantitative estimate of drug-likeness (QED) is 0.849. The molecule has 0 aliphatic carbocycles. The Morgan fingerprint density at radius 3 is 2.25 bits per heavy atom. The van der Waals surface area contributed by atoms with Crippen LogP contribution in [0.5, 0.6) is 6.01 Å². The molecule has 2 N–H and O–H groups in total. The Bertz CT molecular complexity index is 710. The van der Waals surface area contributed by atoms with Crippen molar-refractivity contribution in [3.63, 3.8) is 0 Å². The Labute approximate surface area is 132 Å². The van der Waals surface area contributed by atoms with Crippen LogP contribution in [-0.4, -0.2) is 9.97 Å². The molecule has 1 heterocycles. The van der Waals surface area contributed by atoms with E-state index in [4.69, 9.17) is 10.5 Å². The number of nitrogens with two attached hydrogens (primary N) is 1. The third-order valence-corrected chi connectivity index (χ3v) is 2.94. The summed E-state index contributed by atoms with van der Waals surface area (Å²) in [5.74, 6) is -4.87. The number of halogens is 6. The lowest BCUT2D eigenvalue weighted by molar-refractivity contribution is -0.137. The smallest absolute Gasteiger partial charge is 0.416 e. The van der Waals surface area contributed by atoms with Gasteiger partial charge in [-0.05, 0) is 23.8 Å². The Morgan fingerprint density at radius 2 is 1.71 bits per heavy atom. The van der Waals surface area contributed by atoms with Gasteiger partial charge in [-0.1, -0.05) is 0 Å². The minimum Gasteiger partial charge on any atom is -0.459 e.